The summed E-state index contributed by atoms with van der Waals surface area (Å²) in [5, 5.41) is 10.2. The molecular weight excluding hydrogens is 510 g/mol. The molecule has 0 unspecified atom stereocenters. The molecule has 0 radical (unpaired) electrons. The zero-order valence-corrected chi connectivity index (χ0v) is 23.4. The second kappa shape index (κ2) is 13.1. The molecule has 0 spiro atoms. The SMILES string of the molecule is CCCCCc1ccc(S(=O)(=O)NCCc2c(-c3ccc(C(=O)N(C)CCO)cc3)[nH]c3ccccc23)cc1. The Morgan fingerprint density at radius 2 is 1.67 bits per heavy atom. The molecule has 0 saturated heterocycles. The summed E-state index contributed by atoms with van der Waals surface area (Å²) in [5.41, 5.74) is 5.47. The van der Waals surface area contributed by atoms with Crippen molar-refractivity contribution in [2.75, 3.05) is 26.7 Å². The van der Waals surface area contributed by atoms with Crippen molar-refractivity contribution in [3.63, 3.8) is 0 Å². The number of sulfonamides is 1. The number of aromatic amines is 1. The van der Waals surface area contributed by atoms with Gasteiger partial charge in [-0.15, -0.1) is 0 Å². The molecule has 1 heterocycles. The second-order valence-electron chi connectivity index (χ2n) is 9.80. The lowest BCUT2D eigenvalue weighted by Gasteiger charge is -2.15. The summed E-state index contributed by atoms with van der Waals surface area (Å²) in [6.45, 7) is 2.59. The molecule has 3 N–H and O–H groups in total. The first-order valence-electron chi connectivity index (χ1n) is 13.5. The Bertz CT molecular complexity index is 1490. The third-order valence-electron chi connectivity index (χ3n) is 6.99. The van der Waals surface area contributed by atoms with Gasteiger partial charge in [0.05, 0.1) is 11.5 Å². The van der Waals surface area contributed by atoms with E-state index in [1.807, 2.05) is 48.5 Å². The van der Waals surface area contributed by atoms with Gasteiger partial charge in [0, 0.05) is 42.3 Å². The quantitative estimate of drug-likeness (QED) is 0.201. The lowest BCUT2D eigenvalue weighted by Crippen LogP contribution is -2.29. The normalized spacial score (nSPS) is 11.7. The molecule has 0 atom stereocenters. The molecule has 1 aromatic heterocycles. The molecule has 0 aliphatic carbocycles. The van der Waals surface area contributed by atoms with Gasteiger partial charge in [-0.3, -0.25) is 4.79 Å². The van der Waals surface area contributed by atoms with Gasteiger partial charge >= 0.3 is 0 Å². The highest BCUT2D eigenvalue weighted by Gasteiger charge is 2.18. The molecular formula is C31H37N3O4S. The van der Waals surface area contributed by atoms with Gasteiger partial charge < -0.3 is 15.0 Å². The van der Waals surface area contributed by atoms with Crippen LogP contribution in [0.3, 0.4) is 0 Å². The maximum absolute atomic E-state index is 13.0. The van der Waals surface area contributed by atoms with Crippen LogP contribution in [-0.2, 0) is 22.9 Å². The maximum Gasteiger partial charge on any atom is 0.253 e. The van der Waals surface area contributed by atoms with Crippen LogP contribution in [0.4, 0.5) is 0 Å². The number of carbonyl (C=O) groups is 1. The van der Waals surface area contributed by atoms with Crippen molar-refractivity contribution in [1.82, 2.24) is 14.6 Å². The fourth-order valence-electron chi connectivity index (χ4n) is 4.77. The zero-order valence-electron chi connectivity index (χ0n) is 22.6. The van der Waals surface area contributed by atoms with Gasteiger partial charge in [-0.05, 0) is 66.3 Å². The Balaban J connectivity index is 1.50. The first-order valence-corrected chi connectivity index (χ1v) is 15.0. The first kappa shape index (κ1) is 28.5. The standard InChI is InChI=1S/C31H37N3O4S/c1-3-4-5-8-23-11-17-26(18-12-23)39(37,38)32-20-19-28-27-9-6-7-10-29(27)33-30(28)24-13-15-25(16-14-24)31(36)34(2)21-22-35/h6-7,9-18,32-33,35H,3-5,8,19-22H2,1-2H3. The van der Waals surface area contributed by atoms with Crippen LogP contribution >= 0.6 is 0 Å². The van der Waals surface area contributed by atoms with Crippen LogP contribution in [0.25, 0.3) is 22.2 Å². The summed E-state index contributed by atoms with van der Waals surface area (Å²) in [7, 11) is -1.98. The Morgan fingerprint density at radius 1 is 0.949 bits per heavy atom. The molecule has 0 aliphatic rings. The van der Waals surface area contributed by atoms with Crippen molar-refractivity contribution in [1.29, 1.82) is 0 Å². The number of nitrogens with one attached hydrogen (secondary N) is 2. The number of hydrogen-bond donors (Lipinski definition) is 3. The van der Waals surface area contributed by atoms with E-state index in [-0.39, 0.29) is 30.5 Å². The Labute approximate surface area is 230 Å². The van der Waals surface area contributed by atoms with Gasteiger partial charge in [-0.1, -0.05) is 62.2 Å². The molecule has 0 aliphatic heterocycles. The van der Waals surface area contributed by atoms with Crippen molar-refractivity contribution in [3.05, 3.63) is 89.5 Å². The second-order valence-corrected chi connectivity index (χ2v) is 11.6. The number of fused-ring (bicyclic) bond motifs is 1. The van der Waals surface area contributed by atoms with Crippen molar-refractivity contribution in [2.24, 2.45) is 0 Å². The number of unbranched alkanes of at least 4 members (excludes halogenated alkanes) is 2. The first-order chi connectivity index (χ1) is 18.8. The molecule has 3 aromatic carbocycles. The number of aliphatic hydroxyl groups is 1. The van der Waals surface area contributed by atoms with Crippen molar-refractivity contribution in [3.8, 4) is 11.3 Å². The third-order valence-corrected chi connectivity index (χ3v) is 8.46. The fourth-order valence-corrected chi connectivity index (χ4v) is 5.80. The number of benzene rings is 3. The van der Waals surface area contributed by atoms with E-state index in [1.54, 1.807) is 31.3 Å². The van der Waals surface area contributed by atoms with E-state index in [0.717, 1.165) is 52.5 Å². The number of carbonyl (C=O) groups excluding carboxylic acids is 1. The summed E-state index contributed by atoms with van der Waals surface area (Å²) < 4.78 is 28.7. The molecule has 0 saturated carbocycles. The van der Waals surface area contributed by atoms with Crippen molar-refractivity contribution >= 4 is 26.8 Å². The average molecular weight is 548 g/mol. The van der Waals surface area contributed by atoms with E-state index in [1.165, 1.54) is 11.3 Å². The van der Waals surface area contributed by atoms with Gasteiger partial charge in [0.1, 0.15) is 0 Å². The highest BCUT2D eigenvalue weighted by Crippen LogP contribution is 2.31. The lowest BCUT2D eigenvalue weighted by atomic mass is 10.0. The van der Waals surface area contributed by atoms with E-state index in [2.05, 4.69) is 16.6 Å². The van der Waals surface area contributed by atoms with Crippen LogP contribution in [0, 0.1) is 0 Å². The van der Waals surface area contributed by atoms with Gasteiger partial charge in [0.2, 0.25) is 10.0 Å². The maximum atomic E-state index is 13.0. The molecule has 7 nitrogen and oxygen atoms in total. The largest absolute Gasteiger partial charge is 0.395 e. The molecule has 39 heavy (non-hydrogen) atoms. The number of nitrogens with zero attached hydrogens (tertiary/aromatic N) is 1. The number of H-pyrrole nitrogens is 1. The predicted octanol–water partition coefficient (Wildman–Crippen LogP) is 5.15. The van der Waals surface area contributed by atoms with Crippen LogP contribution in [0.1, 0.15) is 47.7 Å². The summed E-state index contributed by atoms with van der Waals surface area (Å²) in [6.07, 6.45) is 4.88. The number of aryl methyl sites for hydroxylation is 1. The van der Waals surface area contributed by atoms with Crippen LogP contribution in [0.5, 0.6) is 0 Å². The number of amides is 1. The third kappa shape index (κ3) is 6.95. The predicted molar refractivity (Wildman–Crippen MR) is 156 cm³/mol. The Morgan fingerprint density at radius 3 is 2.36 bits per heavy atom. The summed E-state index contributed by atoms with van der Waals surface area (Å²) in [6, 6.07) is 22.4. The number of aliphatic hydroxyl groups excluding tert-OH is 1. The fraction of sp³-hybridized carbons (Fsp3) is 0.323. The smallest absolute Gasteiger partial charge is 0.253 e. The van der Waals surface area contributed by atoms with Gasteiger partial charge in [-0.2, -0.15) is 0 Å². The summed E-state index contributed by atoms with van der Waals surface area (Å²) >= 11 is 0. The van der Waals surface area contributed by atoms with E-state index in [4.69, 9.17) is 5.11 Å². The van der Waals surface area contributed by atoms with E-state index >= 15 is 0 Å². The van der Waals surface area contributed by atoms with E-state index < -0.39 is 10.0 Å². The minimum absolute atomic E-state index is 0.0904. The van der Waals surface area contributed by atoms with Crippen LogP contribution < -0.4 is 4.72 Å². The number of aromatic nitrogens is 1. The van der Waals surface area contributed by atoms with Gasteiger partial charge in [-0.25, -0.2) is 13.1 Å². The molecule has 8 heteroatoms. The lowest BCUT2D eigenvalue weighted by molar-refractivity contribution is 0.0767. The van der Waals surface area contributed by atoms with Gasteiger partial charge in [0.15, 0.2) is 0 Å². The highest BCUT2D eigenvalue weighted by atomic mass is 32.2. The molecule has 0 fully saturated rings. The summed E-state index contributed by atoms with van der Waals surface area (Å²) in [4.78, 5) is 17.8. The monoisotopic (exact) mass is 547 g/mol. The van der Waals surface area contributed by atoms with Crippen LogP contribution in [-0.4, -0.2) is 56.1 Å². The minimum Gasteiger partial charge on any atom is -0.395 e. The number of para-hydroxylation sites is 1. The minimum atomic E-state index is -3.63. The number of rotatable bonds is 13. The molecule has 4 rings (SSSR count). The molecule has 1 amide bonds. The molecule has 0 bridgehead atoms. The zero-order chi connectivity index (χ0) is 27.8. The van der Waals surface area contributed by atoms with Crippen LogP contribution in [0.15, 0.2) is 77.7 Å². The van der Waals surface area contributed by atoms with Gasteiger partial charge in [0.25, 0.3) is 5.91 Å². The molecule has 206 valence electrons. The van der Waals surface area contributed by atoms with Crippen molar-refractivity contribution in [2.45, 2.75) is 43.9 Å². The van der Waals surface area contributed by atoms with E-state index in [0.29, 0.717) is 12.0 Å². The van der Waals surface area contributed by atoms with Crippen LogP contribution in [0.2, 0.25) is 0 Å². The Kier molecular flexibility index (Phi) is 9.56. The number of likely N-dealkylation sites (N-methyl/N-ethyl adjacent to an activating group) is 1. The average Bonchev–Trinajstić information content (AvgIpc) is 3.32. The summed E-state index contributed by atoms with van der Waals surface area (Å²) in [5.74, 6) is -0.157. The topological polar surface area (TPSA) is 102 Å². The number of hydrogen-bond acceptors (Lipinski definition) is 4. The van der Waals surface area contributed by atoms with Crippen molar-refractivity contribution < 1.29 is 18.3 Å². The molecule has 4 aromatic rings. The van der Waals surface area contributed by atoms with E-state index in [9.17, 15) is 13.2 Å². The highest BCUT2D eigenvalue weighted by molar-refractivity contribution is 7.89. The Hall–Kier alpha value is -3.46.